The van der Waals surface area contributed by atoms with Gasteiger partial charge in [0, 0.05) is 16.3 Å². The van der Waals surface area contributed by atoms with Crippen LogP contribution >= 0.6 is 11.8 Å². The quantitative estimate of drug-likeness (QED) is 0.307. The molecule has 0 saturated carbocycles. The minimum atomic E-state index is -0.301. The van der Waals surface area contributed by atoms with Crippen molar-refractivity contribution in [3.63, 3.8) is 0 Å². The Kier molecular flexibility index (Phi) is 6.82. The van der Waals surface area contributed by atoms with Crippen LogP contribution in [0.4, 0.5) is 27.5 Å². The number of anilines is 4. The summed E-state index contributed by atoms with van der Waals surface area (Å²) in [5, 5.41) is 5.63. The van der Waals surface area contributed by atoms with Crippen LogP contribution in [-0.2, 0) is 17.6 Å². The summed E-state index contributed by atoms with van der Waals surface area (Å²) in [6.45, 7) is 0. The Bertz CT molecular complexity index is 1290. The van der Waals surface area contributed by atoms with Gasteiger partial charge in [0.15, 0.2) is 0 Å². The summed E-state index contributed by atoms with van der Waals surface area (Å²) in [6.07, 6.45) is 1.83. The number of benzene rings is 4. The summed E-state index contributed by atoms with van der Waals surface area (Å²) in [7, 11) is 0. The number of urea groups is 1. The second kappa shape index (κ2) is 10.5. The van der Waals surface area contributed by atoms with Gasteiger partial charge in [0.1, 0.15) is 0 Å². The maximum absolute atomic E-state index is 13.5. The van der Waals surface area contributed by atoms with E-state index in [-0.39, 0.29) is 11.9 Å². The van der Waals surface area contributed by atoms with Crippen molar-refractivity contribution in [1.82, 2.24) is 0 Å². The Balaban J connectivity index is 1.25. The molecular weight excluding hydrogens is 454 g/mol. The van der Waals surface area contributed by atoms with E-state index in [1.165, 1.54) is 22.9 Å². The smallest absolute Gasteiger partial charge is 0.308 e. The van der Waals surface area contributed by atoms with Crippen LogP contribution in [0.5, 0.6) is 0 Å². The third-order valence-corrected chi connectivity index (χ3v) is 6.88. The number of nitrogens with one attached hydrogen (secondary N) is 2. The average Bonchev–Trinajstić information content (AvgIpc) is 3.06. The lowest BCUT2D eigenvalue weighted by molar-refractivity contribution is -0.115. The molecule has 0 aromatic heterocycles. The van der Waals surface area contributed by atoms with Crippen molar-refractivity contribution in [3.05, 3.63) is 114 Å². The van der Waals surface area contributed by atoms with E-state index in [9.17, 15) is 9.59 Å². The van der Waals surface area contributed by atoms with Gasteiger partial charge in [-0.05, 0) is 72.5 Å². The van der Waals surface area contributed by atoms with E-state index in [1.54, 1.807) is 0 Å². The van der Waals surface area contributed by atoms with E-state index in [0.717, 1.165) is 34.8 Å². The number of thioether (sulfide) groups is 1. The molecule has 0 fully saturated rings. The van der Waals surface area contributed by atoms with Crippen LogP contribution in [0.1, 0.15) is 11.1 Å². The SMILES string of the molecule is O=C(Nc1ccccc1)Nc1ccc(SCC(=O)N2c3ccccc3CCc3ccccc32)cc1. The highest BCUT2D eigenvalue weighted by Crippen LogP contribution is 2.36. The molecule has 6 heteroatoms. The molecule has 0 spiro atoms. The van der Waals surface area contributed by atoms with Gasteiger partial charge in [-0.2, -0.15) is 0 Å². The molecule has 0 atom stereocenters. The van der Waals surface area contributed by atoms with Gasteiger partial charge in [-0.15, -0.1) is 11.8 Å². The van der Waals surface area contributed by atoms with E-state index in [0.29, 0.717) is 11.4 Å². The zero-order chi connectivity index (χ0) is 24.0. The molecule has 5 rings (SSSR count). The number of fused-ring (bicyclic) bond motifs is 2. The standard InChI is InChI=1S/C29H25N3O2S/c33-28(32-26-12-6-4-8-21(26)14-15-22-9-5-7-13-27(22)32)20-35-25-18-16-24(17-19-25)31-29(34)30-23-10-2-1-3-11-23/h1-13,16-19H,14-15,20H2,(H2,30,31,34). The highest BCUT2D eigenvalue weighted by atomic mass is 32.2. The number of rotatable bonds is 5. The Morgan fingerprint density at radius 1 is 0.657 bits per heavy atom. The fraction of sp³-hybridized carbons (Fsp3) is 0.103. The molecule has 35 heavy (non-hydrogen) atoms. The van der Waals surface area contributed by atoms with E-state index < -0.39 is 0 Å². The Labute approximate surface area is 209 Å². The Morgan fingerprint density at radius 2 is 1.17 bits per heavy atom. The average molecular weight is 480 g/mol. The molecule has 1 aliphatic rings. The molecule has 5 nitrogen and oxygen atoms in total. The first-order chi connectivity index (χ1) is 17.2. The van der Waals surface area contributed by atoms with Gasteiger partial charge < -0.3 is 10.6 Å². The molecule has 4 aromatic rings. The van der Waals surface area contributed by atoms with Gasteiger partial charge in [0.25, 0.3) is 0 Å². The van der Waals surface area contributed by atoms with Crippen molar-refractivity contribution in [2.45, 2.75) is 17.7 Å². The van der Waals surface area contributed by atoms with Gasteiger partial charge in [0.05, 0.1) is 17.1 Å². The maximum Gasteiger partial charge on any atom is 0.323 e. The predicted molar refractivity (Wildman–Crippen MR) is 144 cm³/mol. The third-order valence-electron chi connectivity index (χ3n) is 5.88. The van der Waals surface area contributed by atoms with Gasteiger partial charge in [-0.25, -0.2) is 4.79 Å². The topological polar surface area (TPSA) is 61.4 Å². The third kappa shape index (κ3) is 5.39. The van der Waals surface area contributed by atoms with Crippen molar-refractivity contribution in [3.8, 4) is 0 Å². The van der Waals surface area contributed by atoms with Crippen LogP contribution < -0.4 is 15.5 Å². The number of amides is 3. The zero-order valence-corrected chi connectivity index (χ0v) is 19.9. The molecule has 0 aliphatic carbocycles. The molecule has 1 heterocycles. The molecule has 0 radical (unpaired) electrons. The van der Waals surface area contributed by atoms with E-state index in [4.69, 9.17) is 0 Å². The van der Waals surface area contributed by atoms with Crippen molar-refractivity contribution in [2.75, 3.05) is 21.3 Å². The van der Waals surface area contributed by atoms with Crippen LogP contribution in [0.3, 0.4) is 0 Å². The lowest BCUT2D eigenvalue weighted by atomic mass is 10.0. The fourth-order valence-electron chi connectivity index (χ4n) is 4.21. The number of carbonyl (C=O) groups excluding carboxylic acids is 2. The molecule has 0 unspecified atom stereocenters. The second-order valence-corrected chi connectivity index (χ2v) is 9.29. The molecule has 4 aromatic carbocycles. The first kappa shape index (κ1) is 22.7. The summed E-state index contributed by atoms with van der Waals surface area (Å²) in [5.74, 6) is 0.352. The lowest BCUT2D eigenvalue weighted by Crippen LogP contribution is -2.28. The first-order valence-electron chi connectivity index (χ1n) is 11.5. The lowest BCUT2D eigenvalue weighted by Gasteiger charge is -2.25. The number of para-hydroxylation sites is 3. The fourth-order valence-corrected chi connectivity index (χ4v) is 4.96. The van der Waals surface area contributed by atoms with Gasteiger partial charge in [-0.3, -0.25) is 9.69 Å². The highest BCUT2D eigenvalue weighted by molar-refractivity contribution is 8.00. The number of hydrogen-bond donors (Lipinski definition) is 2. The summed E-state index contributed by atoms with van der Waals surface area (Å²) in [6, 6.07) is 32.8. The van der Waals surface area contributed by atoms with Crippen LogP contribution in [0.2, 0.25) is 0 Å². The number of hydrogen-bond acceptors (Lipinski definition) is 3. The second-order valence-electron chi connectivity index (χ2n) is 8.24. The summed E-state index contributed by atoms with van der Waals surface area (Å²) >= 11 is 1.49. The van der Waals surface area contributed by atoms with Crippen LogP contribution in [0.15, 0.2) is 108 Å². The van der Waals surface area contributed by atoms with E-state index >= 15 is 0 Å². The molecule has 0 bridgehead atoms. The van der Waals surface area contributed by atoms with Crippen LogP contribution in [-0.4, -0.2) is 17.7 Å². The van der Waals surface area contributed by atoms with Crippen molar-refractivity contribution in [1.29, 1.82) is 0 Å². The van der Waals surface area contributed by atoms with E-state index in [1.807, 2.05) is 95.9 Å². The highest BCUT2D eigenvalue weighted by Gasteiger charge is 2.25. The number of aryl methyl sites for hydroxylation is 2. The van der Waals surface area contributed by atoms with Gasteiger partial charge >= 0.3 is 6.03 Å². The number of nitrogens with zero attached hydrogens (tertiary/aromatic N) is 1. The molecule has 0 saturated heterocycles. The van der Waals surface area contributed by atoms with Crippen molar-refractivity contribution >= 4 is 46.4 Å². The monoisotopic (exact) mass is 479 g/mol. The van der Waals surface area contributed by atoms with Crippen molar-refractivity contribution < 1.29 is 9.59 Å². The molecule has 174 valence electrons. The number of carbonyl (C=O) groups is 2. The molecule has 3 amide bonds. The summed E-state index contributed by atoms with van der Waals surface area (Å²) < 4.78 is 0. The minimum absolute atomic E-state index is 0.0428. The van der Waals surface area contributed by atoms with Crippen LogP contribution in [0.25, 0.3) is 0 Å². The maximum atomic E-state index is 13.5. The summed E-state index contributed by atoms with van der Waals surface area (Å²) in [4.78, 5) is 28.5. The minimum Gasteiger partial charge on any atom is -0.308 e. The molecule has 2 N–H and O–H groups in total. The first-order valence-corrected chi connectivity index (χ1v) is 12.5. The normalized spacial score (nSPS) is 12.2. The molecule has 1 aliphatic heterocycles. The van der Waals surface area contributed by atoms with Gasteiger partial charge in [0.2, 0.25) is 5.91 Å². The van der Waals surface area contributed by atoms with Gasteiger partial charge in [-0.1, -0.05) is 54.6 Å². The summed E-state index contributed by atoms with van der Waals surface area (Å²) in [5.41, 5.74) is 5.72. The Hall–Kier alpha value is -4.03. The Morgan fingerprint density at radius 3 is 1.77 bits per heavy atom. The predicted octanol–water partition coefficient (Wildman–Crippen LogP) is 6.89. The largest absolute Gasteiger partial charge is 0.323 e. The van der Waals surface area contributed by atoms with E-state index in [2.05, 4.69) is 22.8 Å². The van der Waals surface area contributed by atoms with Crippen LogP contribution in [0, 0.1) is 0 Å². The van der Waals surface area contributed by atoms with Crippen molar-refractivity contribution in [2.24, 2.45) is 0 Å². The zero-order valence-electron chi connectivity index (χ0n) is 19.1. The molecular formula is C29H25N3O2S.